The maximum atomic E-state index is 5.53. The summed E-state index contributed by atoms with van der Waals surface area (Å²) in [4.78, 5) is 6.66. The summed E-state index contributed by atoms with van der Waals surface area (Å²) in [5.74, 6) is 1.74. The van der Waals surface area contributed by atoms with Crippen LogP contribution in [0, 0.1) is 0 Å². The molecule has 6 nitrogen and oxygen atoms in total. The Balaban J connectivity index is 0.00000338. The second-order valence-electron chi connectivity index (χ2n) is 6.68. The Bertz CT molecular complexity index is 543. The number of rotatable bonds is 7. The number of guanidine groups is 1. The average molecular weight is 476 g/mol. The van der Waals surface area contributed by atoms with Gasteiger partial charge in [0.15, 0.2) is 5.96 Å². The van der Waals surface area contributed by atoms with Gasteiger partial charge in [-0.1, -0.05) is 12.1 Å². The summed E-state index contributed by atoms with van der Waals surface area (Å²) >= 11 is 0. The molecule has 26 heavy (non-hydrogen) atoms. The number of likely N-dealkylation sites (N-methyl/N-ethyl adjacent to an activating group) is 1. The Kier molecular flexibility index (Phi) is 10.3. The van der Waals surface area contributed by atoms with Crippen molar-refractivity contribution < 1.29 is 9.47 Å². The fraction of sp³-hybridized carbons (Fsp3) is 0.632. The lowest BCUT2D eigenvalue weighted by Crippen LogP contribution is -2.57. The van der Waals surface area contributed by atoms with Crippen LogP contribution < -0.4 is 15.4 Å². The Morgan fingerprint density at radius 1 is 1.19 bits per heavy atom. The highest BCUT2D eigenvalue weighted by atomic mass is 127. The summed E-state index contributed by atoms with van der Waals surface area (Å²) in [6.45, 7) is 3.35. The third-order valence-corrected chi connectivity index (χ3v) is 5.05. The first-order valence-corrected chi connectivity index (χ1v) is 8.92. The summed E-state index contributed by atoms with van der Waals surface area (Å²) in [7, 11) is 7.79. The molecule has 1 saturated heterocycles. The van der Waals surface area contributed by atoms with Crippen molar-refractivity contribution in [3.8, 4) is 5.75 Å². The molecule has 0 aromatic heterocycles. The van der Waals surface area contributed by atoms with Crippen molar-refractivity contribution in [3.63, 3.8) is 0 Å². The maximum absolute atomic E-state index is 5.53. The number of nitrogens with zero attached hydrogens (tertiary/aromatic N) is 2. The topological polar surface area (TPSA) is 58.1 Å². The largest absolute Gasteiger partial charge is 0.497 e. The summed E-state index contributed by atoms with van der Waals surface area (Å²) in [5, 5.41) is 6.89. The molecule has 1 heterocycles. The van der Waals surface area contributed by atoms with E-state index in [9.17, 15) is 0 Å². The zero-order chi connectivity index (χ0) is 18.1. The Morgan fingerprint density at radius 3 is 2.38 bits per heavy atom. The van der Waals surface area contributed by atoms with Gasteiger partial charge in [-0.25, -0.2) is 0 Å². The van der Waals surface area contributed by atoms with Gasteiger partial charge in [0.2, 0.25) is 0 Å². The number of hydrogen-bond donors (Lipinski definition) is 2. The fourth-order valence-corrected chi connectivity index (χ4v) is 3.12. The third kappa shape index (κ3) is 6.59. The van der Waals surface area contributed by atoms with Crippen molar-refractivity contribution in [1.29, 1.82) is 0 Å². The van der Waals surface area contributed by atoms with Crippen molar-refractivity contribution in [2.75, 3.05) is 54.6 Å². The molecule has 1 aromatic carbocycles. The summed E-state index contributed by atoms with van der Waals surface area (Å²) in [6, 6.07) is 8.18. The zero-order valence-corrected chi connectivity index (χ0v) is 18.7. The number of nitrogens with one attached hydrogen (secondary N) is 2. The molecule has 2 N–H and O–H groups in total. The zero-order valence-electron chi connectivity index (χ0n) is 16.4. The van der Waals surface area contributed by atoms with E-state index in [0.29, 0.717) is 0 Å². The fourth-order valence-electron chi connectivity index (χ4n) is 3.12. The van der Waals surface area contributed by atoms with Gasteiger partial charge in [-0.3, -0.25) is 4.99 Å². The van der Waals surface area contributed by atoms with Gasteiger partial charge < -0.3 is 25.0 Å². The first-order valence-electron chi connectivity index (χ1n) is 8.92. The van der Waals surface area contributed by atoms with Gasteiger partial charge in [0.25, 0.3) is 0 Å². The van der Waals surface area contributed by atoms with E-state index in [2.05, 4.69) is 46.8 Å². The van der Waals surface area contributed by atoms with Crippen molar-refractivity contribution in [2.45, 2.75) is 24.8 Å². The molecule has 1 aliphatic rings. The molecule has 1 fully saturated rings. The summed E-state index contributed by atoms with van der Waals surface area (Å²) < 4.78 is 10.7. The summed E-state index contributed by atoms with van der Waals surface area (Å²) in [6.07, 6.45) is 3.02. The van der Waals surface area contributed by atoms with Crippen molar-refractivity contribution >= 4 is 29.9 Å². The molecule has 148 valence electrons. The van der Waals surface area contributed by atoms with E-state index in [-0.39, 0.29) is 29.5 Å². The van der Waals surface area contributed by atoms with Crippen LogP contribution in [0.15, 0.2) is 29.3 Å². The smallest absolute Gasteiger partial charge is 0.191 e. The highest BCUT2D eigenvalue weighted by molar-refractivity contribution is 14.0. The van der Waals surface area contributed by atoms with E-state index >= 15 is 0 Å². The number of hydrogen-bond acceptors (Lipinski definition) is 4. The molecule has 1 aliphatic heterocycles. The molecule has 0 spiro atoms. The van der Waals surface area contributed by atoms with Crippen LogP contribution >= 0.6 is 24.0 Å². The minimum absolute atomic E-state index is 0. The predicted octanol–water partition coefficient (Wildman–Crippen LogP) is 2.13. The SMILES string of the molecule is CN=C(NCCc1ccc(OC)cc1)NCC1(N(C)C)CCOCC1.I. The lowest BCUT2D eigenvalue weighted by molar-refractivity contribution is -0.00500. The molecule has 0 unspecified atom stereocenters. The molecule has 2 rings (SSSR count). The molecule has 0 radical (unpaired) electrons. The van der Waals surface area contributed by atoms with Crippen LogP contribution in [0.1, 0.15) is 18.4 Å². The van der Waals surface area contributed by atoms with Crippen molar-refractivity contribution in [2.24, 2.45) is 4.99 Å². The van der Waals surface area contributed by atoms with Gasteiger partial charge in [0.1, 0.15) is 5.75 Å². The minimum atomic E-state index is 0. The predicted molar refractivity (Wildman–Crippen MR) is 118 cm³/mol. The Labute approximate surface area is 174 Å². The van der Waals surface area contributed by atoms with Crippen molar-refractivity contribution in [1.82, 2.24) is 15.5 Å². The molecule has 0 atom stereocenters. The number of methoxy groups -OCH3 is 1. The standard InChI is InChI=1S/C19H32N4O2.HI/c1-20-18(21-12-9-16-5-7-17(24-4)8-6-16)22-15-19(23(2)3)10-13-25-14-11-19;/h5-8H,9-15H2,1-4H3,(H2,20,21,22);1H. The highest BCUT2D eigenvalue weighted by Crippen LogP contribution is 2.24. The average Bonchev–Trinajstić information content (AvgIpc) is 2.65. The van der Waals surface area contributed by atoms with Gasteiger partial charge in [-0.05, 0) is 51.1 Å². The van der Waals surface area contributed by atoms with Gasteiger partial charge in [0, 0.05) is 38.9 Å². The Hall–Kier alpha value is -1.06. The van der Waals surface area contributed by atoms with Crippen LogP contribution in [-0.4, -0.2) is 71.0 Å². The summed E-state index contributed by atoms with van der Waals surface area (Å²) in [5.41, 5.74) is 1.41. The first kappa shape index (κ1) is 23.0. The second kappa shape index (κ2) is 11.6. The number of halogens is 1. The number of aliphatic imine (C=N–C) groups is 1. The van der Waals surface area contributed by atoms with E-state index in [1.165, 1.54) is 5.56 Å². The maximum Gasteiger partial charge on any atom is 0.191 e. The molecule has 0 aliphatic carbocycles. The second-order valence-corrected chi connectivity index (χ2v) is 6.68. The van der Waals surface area contributed by atoms with E-state index in [4.69, 9.17) is 9.47 Å². The molecular formula is C19H33IN4O2. The Morgan fingerprint density at radius 2 is 1.85 bits per heavy atom. The monoisotopic (exact) mass is 476 g/mol. The normalized spacial score (nSPS) is 16.7. The number of ether oxygens (including phenoxy) is 2. The van der Waals surface area contributed by atoms with E-state index < -0.39 is 0 Å². The lowest BCUT2D eigenvalue weighted by Gasteiger charge is -2.43. The molecular weight excluding hydrogens is 443 g/mol. The van der Waals surface area contributed by atoms with Gasteiger partial charge >= 0.3 is 0 Å². The van der Waals surface area contributed by atoms with Crippen LogP contribution in [-0.2, 0) is 11.2 Å². The van der Waals surface area contributed by atoms with E-state index in [1.54, 1.807) is 7.11 Å². The van der Waals surface area contributed by atoms with Crippen LogP contribution in [0.2, 0.25) is 0 Å². The van der Waals surface area contributed by atoms with E-state index in [0.717, 1.165) is 57.3 Å². The van der Waals surface area contributed by atoms with Crippen LogP contribution in [0.3, 0.4) is 0 Å². The number of benzene rings is 1. The molecule has 0 saturated carbocycles. The molecule has 0 bridgehead atoms. The first-order chi connectivity index (χ1) is 12.1. The quantitative estimate of drug-likeness (QED) is 0.359. The van der Waals surface area contributed by atoms with Crippen LogP contribution in [0.4, 0.5) is 0 Å². The lowest BCUT2D eigenvalue weighted by atomic mass is 9.88. The molecule has 1 aromatic rings. The molecule has 0 amide bonds. The van der Waals surface area contributed by atoms with Gasteiger partial charge in [-0.15, -0.1) is 24.0 Å². The minimum Gasteiger partial charge on any atom is -0.497 e. The van der Waals surface area contributed by atoms with Crippen molar-refractivity contribution in [3.05, 3.63) is 29.8 Å². The van der Waals surface area contributed by atoms with Crippen LogP contribution in [0.5, 0.6) is 5.75 Å². The van der Waals surface area contributed by atoms with Gasteiger partial charge in [0.05, 0.1) is 7.11 Å². The highest BCUT2D eigenvalue weighted by Gasteiger charge is 2.34. The van der Waals surface area contributed by atoms with Gasteiger partial charge in [-0.2, -0.15) is 0 Å². The van der Waals surface area contributed by atoms with E-state index in [1.807, 2.05) is 19.2 Å². The molecule has 7 heteroatoms. The third-order valence-electron chi connectivity index (χ3n) is 5.05. The van der Waals surface area contributed by atoms with Crippen LogP contribution in [0.25, 0.3) is 0 Å².